The van der Waals surface area contributed by atoms with E-state index in [1.807, 2.05) is 0 Å². The maximum atomic E-state index is 13.1. The van der Waals surface area contributed by atoms with Gasteiger partial charge in [-0.25, -0.2) is 9.13 Å². The molecule has 0 amide bonds. The van der Waals surface area contributed by atoms with Crippen LogP contribution in [-0.2, 0) is 65.4 Å². The Hall–Kier alpha value is -1.94. The van der Waals surface area contributed by atoms with Gasteiger partial charge in [0.1, 0.15) is 19.3 Å². The highest BCUT2D eigenvalue weighted by molar-refractivity contribution is 7.47. The van der Waals surface area contributed by atoms with Gasteiger partial charge in [-0.1, -0.05) is 369 Å². The summed E-state index contributed by atoms with van der Waals surface area (Å²) < 4.78 is 68.6. The van der Waals surface area contributed by atoms with Gasteiger partial charge in [-0.15, -0.1) is 0 Å². The van der Waals surface area contributed by atoms with E-state index in [1.165, 1.54) is 238 Å². The summed E-state index contributed by atoms with van der Waals surface area (Å²) in [5.41, 5.74) is 0. The van der Waals surface area contributed by atoms with Crippen molar-refractivity contribution < 1.29 is 80.2 Å². The zero-order chi connectivity index (χ0) is 71.9. The van der Waals surface area contributed by atoms with Crippen LogP contribution in [0.2, 0.25) is 0 Å². The number of hydrogen-bond donors (Lipinski definition) is 3. The van der Waals surface area contributed by atoms with E-state index in [2.05, 4.69) is 34.6 Å². The first-order valence-electron chi connectivity index (χ1n) is 41.1. The van der Waals surface area contributed by atoms with Crippen LogP contribution < -0.4 is 0 Å². The van der Waals surface area contributed by atoms with Crippen molar-refractivity contribution in [3.63, 3.8) is 0 Å². The van der Waals surface area contributed by atoms with E-state index in [9.17, 15) is 43.2 Å². The molecule has 0 bridgehead atoms. The maximum Gasteiger partial charge on any atom is 0.472 e. The molecule has 0 radical (unpaired) electrons. The minimum Gasteiger partial charge on any atom is -0.462 e. The number of phosphoric acid groups is 2. The highest BCUT2D eigenvalue weighted by Gasteiger charge is 2.30. The molecule has 3 N–H and O–H groups in total. The Labute approximate surface area is 600 Å². The molecular weight excluding hydrogens is 1280 g/mol. The molecule has 0 aliphatic carbocycles. The van der Waals surface area contributed by atoms with E-state index in [0.29, 0.717) is 31.6 Å². The number of rotatable bonds is 79. The summed E-state index contributed by atoms with van der Waals surface area (Å²) >= 11 is 0. The molecule has 0 spiro atoms. The standard InChI is InChI=1S/C79H154O17P2/c1-6-9-12-15-18-21-24-27-30-31-32-33-34-35-36-39-42-45-48-55-60-65-78(83)95-74(68-89-76(81)62-57-52-46-43-40-37-28-25-22-19-16-13-10-7-2)70-93-97(85,86)91-66-73(80)67-92-98(87,88)94-71-75(69-90-77(82)63-58-53-50-49-51-56-61-72(4)5)96-79(84)64-59-54-47-44-41-38-29-26-23-20-17-14-11-8-3/h72-75,80H,6-71H2,1-5H3,(H,85,86)(H,87,88)/t73-,74-,75-/m1/s1. The molecule has 17 nitrogen and oxygen atoms in total. The Morgan fingerprint density at radius 3 is 0.694 bits per heavy atom. The molecule has 2 unspecified atom stereocenters. The average Bonchev–Trinajstić information content (AvgIpc) is 1.06. The Kier molecular flexibility index (Phi) is 70.6. The molecule has 19 heteroatoms. The summed E-state index contributed by atoms with van der Waals surface area (Å²) in [6.45, 7) is 7.23. The van der Waals surface area contributed by atoms with E-state index >= 15 is 0 Å². The minimum absolute atomic E-state index is 0.107. The average molecular weight is 1440 g/mol. The Balaban J connectivity index is 5.20. The van der Waals surface area contributed by atoms with Crippen LogP contribution in [0, 0.1) is 5.92 Å². The van der Waals surface area contributed by atoms with E-state index in [-0.39, 0.29) is 25.7 Å². The number of aliphatic hydroxyl groups is 1. The molecule has 0 heterocycles. The zero-order valence-corrected chi connectivity index (χ0v) is 65.7. The number of esters is 4. The quantitative estimate of drug-likeness (QED) is 0.0222. The second-order valence-corrected chi connectivity index (χ2v) is 31.8. The number of carbonyl (C=O) groups excluding carboxylic acids is 4. The van der Waals surface area contributed by atoms with Crippen LogP contribution in [0.4, 0.5) is 0 Å². The van der Waals surface area contributed by atoms with Crippen LogP contribution in [0.3, 0.4) is 0 Å². The van der Waals surface area contributed by atoms with Crippen molar-refractivity contribution in [2.24, 2.45) is 5.92 Å². The first-order chi connectivity index (χ1) is 47.5. The molecule has 0 aliphatic heterocycles. The molecular formula is C79H154O17P2. The monoisotopic (exact) mass is 1440 g/mol. The van der Waals surface area contributed by atoms with E-state index in [1.54, 1.807) is 0 Å². The third-order valence-electron chi connectivity index (χ3n) is 18.5. The first-order valence-corrected chi connectivity index (χ1v) is 44.1. The summed E-state index contributed by atoms with van der Waals surface area (Å²) in [7, 11) is -9.91. The lowest BCUT2D eigenvalue weighted by atomic mass is 10.0. The van der Waals surface area contributed by atoms with E-state index < -0.39 is 97.5 Å². The third kappa shape index (κ3) is 72.4. The van der Waals surface area contributed by atoms with Gasteiger partial charge in [0.05, 0.1) is 26.4 Å². The number of hydrogen-bond acceptors (Lipinski definition) is 15. The summed E-state index contributed by atoms with van der Waals surface area (Å²) in [5, 5.41) is 10.6. The highest BCUT2D eigenvalue weighted by atomic mass is 31.2. The molecule has 0 saturated carbocycles. The maximum absolute atomic E-state index is 13.1. The van der Waals surface area contributed by atoms with Crippen LogP contribution in [0.25, 0.3) is 0 Å². The van der Waals surface area contributed by atoms with Crippen LogP contribution in [0.5, 0.6) is 0 Å². The van der Waals surface area contributed by atoms with Gasteiger partial charge in [-0.05, 0) is 31.6 Å². The summed E-state index contributed by atoms with van der Waals surface area (Å²) in [6, 6.07) is 0. The lowest BCUT2D eigenvalue weighted by Gasteiger charge is -2.21. The van der Waals surface area contributed by atoms with Crippen LogP contribution in [0.15, 0.2) is 0 Å². The lowest BCUT2D eigenvalue weighted by molar-refractivity contribution is -0.161. The predicted molar refractivity (Wildman–Crippen MR) is 400 cm³/mol. The van der Waals surface area contributed by atoms with Gasteiger partial charge in [-0.3, -0.25) is 37.3 Å². The lowest BCUT2D eigenvalue weighted by Crippen LogP contribution is -2.30. The van der Waals surface area contributed by atoms with Crippen LogP contribution in [0.1, 0.15) is 420 Å². The molecule has 5 atom stereocenters. The van der Waals surface area contributed by atoms with E-state index in [4.69, 9.17) is 37.0 Å². The summed E-state index contributed by atoms with van der Waals surface area (Å²) in [4.78, 5) is 72.9. The Morgan fingerprint density at radius 1 is 0.276 bits per heavy atom. The molecule has 0 aromatic carbocycles. The molecule has 0 aromatic rings. The number of aliphatic hydroxyl groups excluding tert-OH is 1. The van der Waals surface area contributed by atoms with Crippen LogP contribution >= 0.6 is 15.6 Å². The van der Waals surface area contributed by atoms with Crippen molar-refractivity contribution in [2.75, 3.05) is 39.6 Å². The normalized spacial score (nSPS) is 13.9. The van der Waals surface area contributed by atoms with Crippen molar-refractivity contribution in [2.45, 2.75) is 438 Å². The second-order valence-electron chi connectivity index (χ2n) is 28.9. The Bertz CT molecular complexity index is 1870. The number of carbonyl (C=O) groups is 4. The largest absolute Gasteiger partial charge is 0.472 e. The molecule has 0 rings (SSSR count). The SMILES string of the molecule is CCCCCCCCCCCCCCCCCCCCCCCC(=O)O[C@H](COC(=O)CCCCCCCCCCCCCCCC)COP(=O)(O)OC[C@@H](O)COP(=O)(O)OC[C@@H](COC(=O)CCCCCCCCC(C)C)OC(=O)CCCCCCCCCCCCCCCC. The fourth-order valence-corrected chi connectivity index (χ4v) is 13.8. The smallest absolute Gasteiger partial charge is 0.462 e. The van der Waals surface area contributed by atoms with E-state index in [0.717, 1.165) is 96.3 Å². The van der Waals surface area contributed by atoms with Gasteiger partial charge < -0.3 is 33.8 Å². The third-order valence-corrected chi connectivity index (χ3v) is 20.4. The second kappa shape index (κ2) is 72.0. The fraction of sp³-hybridized carbons (Fsp3) is 0.949. The molecule has 582 valence electrons. The molecule has 0 aliphatic rings. The number of unbranched alkanes of at least 4 members (excludes halogenated alkanes) is 51. The van der Waals surface area contributed by atoms with Gasteiger partial charge in [0.15, 0.2) is 12.2 Å². The summed E-state index contributed by atoms with van der Waals surface area (Å²) in [5.74, 6) is -1.43. The molecule has 98 heavy (non-hydrogen) atoms. The van der Waals surface area contributed by atoms with Crippen molar-refractivity contribution in [1.82, 2.24) is 0 Å². The van der Waals surface area contributed by atoms with Crippen molar-refractivity contribution in [3.8, 4) is 0 Å². The van der Waals surface area contributed by atoms with Gasteiger partial charge in [0.2, 0.25) is 0 Å². The predicted octanol–water partition coefficient (Wildman–Crippen LogP) is 23.6. The molecule has 0 fully saturated rings. The molecule has 0 aromatic heterocycles. The number of ether oxygens (including phenoxy) is 4. The van der Waals surface area contributed by atoms with Crippen LogP contribution in [-0.4, -0.2) is 96.7 Å². The van der Waals surface area contributed by atoms with Gasteiger partial charge >= 0.3 is 39.5 Å². The van der Waals surface area contributed by atoms with Crippen molar-refractivity contribution in [1.29, 1.82) is 0 Å². The minimum atomic E-state index is -4.96. The highest BCUT2D eigenvalue weighted by Crippen LogP contribution is 2.45. The topological polar surface area (TPSA) is 237 Å². The van der Waals surface area contributed by atoms with Gasteiger partial charge in [0, 0.05) is 25.7 Å². The summed E-state index contributed by atoms with van der Waals surface area (Å²) in [6.07, 6.45) is 62.6. The van der Waals surface area contributed by atoms with Gasteiger partial charge in [0.25, 0.3) is 0 Å². The fourth-order valence-electron chi connectivity index (χ4n) is 12.2. The first kappa shape index (κ1) is 96.1. The number of phosphoric ester groups is 2. The zero-order valence-electron chi connectivity index (χ0n) is 63.9. The Morgan fingerprint density at radius 2 is 0.469 bits per heavy atom. The van der Waals surface area contributed by atoms with Crippen molar-refractivity contribution >= 4 is 39.5 Å². The van der Waals surface area contributed by atoms with Crippen molar-refractivity contribution in [3.05, 3.63) is 0 Å². The van der Waals surface area contributed by atoms with Gasteiger partial charge in [-0.2, -0.15) is 0 Å². The molecule has 0 saturated heterocycles.